The van der Waals surface area contributed by atoms with E-state index in [2.05, 4.69) is 16.7 Å². The molecular weight excluding hydrogens is 292 g/mol. The van der Waals surface area contributed by atoms with Crippen LogP contribution >= 0.6 is 0 Å². The van der Waals surface area contributed by atoms with Gasteiger partial charge in [0, 0.05) is 31.1 Å². The van der Waals surface area contributed by atoms with Gasteiger partial charge in [-0.05, 0) is 35.4 Å². The molecule has 0 spiro atoms. The summed E-state index contributed by atoms with van der Waals surface area (Å²) in [6.07, 6.45) is 0.913. The molecule has 0 aromatic heterocycles. The fourth-order valence-electron chi connectivity index (χ4n) is 2.58. The third kappa shape index (κ3) is 3.69. The summed E-state index contributed by atoms with van der Waals surface area (Å²) in [7, 11) is 0. The largest absolute Gasteiger partial charge is 0.493 e. The number of hydrogen-bond donors (Lipinski definition) is 2. The second kappa shape index (κ2) is 6.52. The Bertz CT molecular complexity index is 756. The van der Waals surface area contributed by atoms with E-state index in [9.17, 15) is 9.59 Å². The average molecular weight is 310 g/mol. The lowest BCUT2D eigenvalue weighted by atomic mass is 10.1. The van der Waals surface area contributed by atoms with Gasteiger partial charge in [-0.3, -0.25) is 9.59 Å². The topological polar surface area (TPSA) is 67.4 Å². The molecule has 0 aliphatic carbocycles. The van der Waals surface area contributed by atoms with Crippen molar-refractivity contribution in [2.24, 2.45) is 0 Å². The third-order valence-electron chi connectivity index (χ3n) is 3.65. The van der Waals surface area contributed by atoms with Gasteiger partial charge < -0.3 is 15.4 Å². The van der Waals surface area contributed by atoms with Crippen LogP contribution in [0.25, 0.3) is 0 Å². The number of carbonyl (C=O) groups excluding carboxylic acids is 2. The van der Waals surface area contributed by atoms with Crippen LogP contribution in [0.1, 0.15) is 28.4 Å². The van der Waals surface area contributed by atoms with Crippen molar-refractivity contribution in [3.8, 4) is 5.75 Å². The van der Waals surface area contributed by atoms with Crippen LogP contribution in [-0.4, -0.2) is 18.4 Å². The fourth-order valence-corrected chi connectivity index (χ4v) is 2.58. The third-order valence-corrected chi connectivity index (χ3v) is 3.65. The molecule has 1 heterocycles. The standard InChI is InChI=1S/C18H18N2O3/c1-12(21)20-16-4-2-3-15(10-16)18(22)19-11-13-5-6-17-14(9-13)7-8-23-17/h2-6,9-10H,7-8,11H2,1H3,(H,19,22)(H,20,21). The molecular formula is C18H18N2O3. The number of anilines is 1. The van der Waals surface area contributed by atoms with Crippen molar-refractivity contribution in [1.29, 1.82) is 0 Å². The molecule has 2 aromatic carbocycles. The van der Waals surface area contributed by atoms with Gasteiger partial charge in [0.05, 0.1) is 6.61 Å². The highest BCUT2D eigenvalue weighted by molar-refractivity contribution is 5.96. The normalized spacial score (nSPS) is 12.2. The molecule has 2 N–H and O–H groups in total. The fraction of sp³-hybridized carbons (Fsp3) is 0.222. The summed E-state index contributed by atoms with van der Waals surface area (Å²) in [5.41, 5.74) is 3.35. The van der Waals surface area contributed by atoms with Gasteiger partial charge in [-0.15, -0.1) is 0 Å². The minimum absolute atomic E-state index is 0.164. The molecule has 0 unspecified atom stereocenters. The first-order valence-electron chi connectivity index (χ1n) is 7.52. The van der Waals surface area contributed by atoms with E-state index in [1.54, 1.807) is 24.3 Å². The predicted molar refractivity (Wildman–Crippen MR) is 87.6 cm³/mol. The zero-order valence-electron chi connectivity index (χ0n) is 12.9. The number of fused-ring (bicyclic) bond motifs is 1. The number of hydrogen-bond acceptors (Lipinski definition) is 3. The van der Waals surface area contributed by atoms with E-state index in [0.717, 1.165) is 24.3 Å². The molecule has 5 nitrogen and oxygen atoms in total. The van der Waals surface area contributed by atoms with Crippen molar-refractivity contribution in [3.05, 3.63) is 59.2 Å². The molecule has 0 saturated carbocycles. The molecule has 0 bridgehead atoms. The molecule has 5 heteroatoms. The Kier molecular flexibility index (Phi) is 4.28. The Morgan fingerprint density at radius 2 is 2.04 bits per heavy atom. The zero-order chi connectivity index (χ0) is 16.2. The van der Waals surface area contributed by atoms with E-state index in [4.69, 9.17) is 4.74 Å². The van der Waals surface area contributed by atoms with Gasteiger partial charge in [-0.1, -0.05) is 18.2 Å². The van der Waals surface area contributed by atoms with Crippen molar-refractivity contribution >= 4 is 17.5 Å². The number of ether oxygens (including phenoxy) is 1. The molecule has 1 aliphatic heterocycles. The van der Waals surface area contributed by atoms with Crippen molar-refractivity contribution in [2.45, 2.75) is 19.9 Å². The summed E-state index contributed by atoms with van der Waals surface area (Å²) in [6.45, 7) is 2.61. The predicted octanol–water partition coefficient (Wildman–Crippen LogP) is 2.51. The maximum atomic E-state index is 12.2. The van der Waals surface area contributed by atoms with Gasteiger partial charge in [-0.2, -0.15) is 0 Å². The van der Waals surface area contributed by atoms with Crippen LogP contribution in [0.2, 0.25) is 0 Å². The summed E-state index contributed by atoms with van der Waals surface area (Å²) >= 11 is 0. The quantitative estimate of drug-likeness (QED) is 0.912. The molecule has 118 valence electrons. The SMILES string of the molecule is CC(=O)Nc1cccc(C(=O)NCc2ccc3c(c2)CCO3)c1. The van der Waals surface area contributed by atoms with E-state index in [1.165, 1.54) is 12.5 Å². The lowest BCUT2D eigenvalue weighted by Gasteiger charge is -2.08. The van der Waals surface area contributed by atoms with Gasteiger partial charge in [0.15, 0.2) is 0 Å². The van der Waals surface area contributed by atoms with Gasteiger partial charge in [0.1, 0.15) is 5.75 Å². The Morgan fingerprint density at radius 1 is 1.17 bits per heavy atom. The van der Waals surface area contributed by atoms with Crippen molar-refractivity contribution in [2.75, 3.05) is 11.9 Å². The van der Waals surface area contributed by atoms with E-state index in [-0.39, 0.29) is 11.8 Å². The Morgan fingerprint density at radius 3 is 2.87 bits per heavy atom. The van der Waals surface area contributed by atoms with Crippen LogP contribution < -0.4 is 15.4 Å². The highest BCUT2D eigenvalue weighted by Crippen LogP contribution is 2.25. The van der Waals surface area contributed by atoms with Crippen molar-refractivity contribution < 1.29 is 14.3 Å². The van der Waals surface area contributed by atoms with Crippen molar-refractivity contribution in [1.82, 2.24) is 5.32 Å². The lowest BCUT2D eigenvalue weighted by molar-refractivity contribution is -0.114. The second-order valence-electron chi connectivity index (χ2n) is 5.49. The smallest absolute Gasteiger partial charge is 0.251 e. The average Bonchev–Trinajstić information content (AvgIpc) is 3.00. The number of carbonyl (C=O) groups is 2. The highest BCUT2D eigenvalue weighted by Gasteiger charge is 2.12. The van der Waals surface area contributed by atoms with E-state index >= 15 is 0 Å². The highest BCUT2D eigenvalue weighted by atomic mass is 16.5. The first-order chi connectivity index (χ1) is 11.1. The Hall–Kier alpha value is -2.82. The lowest BCUT2D eigenvalue weighted by Crippen LogP contribution is -2.23. The minimum Gasteiger partial charge on any atom is -0.493 e. The molecule has 0 atom stereocenters. The maximum absolute atomic E-state index is 12.2. The molecule has 1 aliphatic rings. The van der Waals surface area contributed by atoms with Gasteiger partial charge >= 0.3 is 0 Å². The summed E-state index contributed by atoms with van der Waals surface area (Å²) in [6, 6.07) is 12.8. The summed E-state index contributed by atoms with van der Waals surface area (Å²) in [4.78, 5) is 23.3. The summed E-state index contributed by atoms with van der Waals surface area (Å²) < 4.78 is 5.47. The van der Waals surface area contributed by atoms with Crippen molar-refractivity contribution in [3.63, 3.8) is 0 Å². The van der Waals surface area contributed by atoms with Crippen LogP contribution in [0.4, 0.5) is 5.69 Å². The summed E-state index contributed by atoms with van der Waals surface area (Å²) in [5, 5.41) is 5.56. The van der Waals surface area contributed by atoms with Gasteiger partial charge in [0.2, 0.25) is 5.91 Å². The maximum Gasteiger partial charge on any atom is 0.251 e. The molecule has 2 aromatic rings. The Balaban J connectivity index is 1.64. The molecule has 0 saturated heterocycles. The van der Waals surface area contributed by atoms with Gasteiger partial charge in [0.25, 0.3) is 5.91 Å². The molecule has 23 heavy (non-hydrogen) atoms. The monoisotopic (exact) mass is 310 g/mol. The Labute approximate surface area is 134 Å². The van der Waals surface area contributed by atoms with Crippen LogP contribution in [0.5, 0.6) is 5.75 Å². The molecule has 0 fully saturated rings. The first-order valence-corrected chi connectivity index (χ1v) is 7.52. The van der Waals surface area contributed by atoms with Crippen LogP contribution in [0.3, 0.4) is 0 Å². The van der Waals surface area contributed by atoms with Crippen LogP contribution in [0, 0.1) is 0 Å². The number of rotatable bonds is 4. The number of benzene rings is 2. The van der Waals surface area contributed by atoms with E-state index < -0.39 is 0 Å². The van der Waals surface area contributed by atoms with Gasteiger partial charge in [-0.25, -0.2) is 0 Å². The molecule has 0 radical (unpaired) electrons. The minimum atomic E-state index is -0.172. The molecule has 3 rings (SSSR count). The number of nitrogens with one attached hydrogen (secondary N) is 2. The van der Waals surface area contributed by atoms with Crippen LogP contribution in [-0.2, 0) is 17.8 Å². The van der Waals surface area contributed by atoms with E-state index in [1.807, 2.05) is 12.1 Å². The summed E-state index contributed by atoms with van der Waals surface area (Å²) in [5.74, 6) is 0.597. The zero-order valence-corrected chi connectivity index (χ0v) is 12.9. The van der Waals surface area contributed by atoms with E-state index in [0.29, 0.717) is 17.8 Å². The molecule has 2 amide bonds. The van der Waals surface area contributed by atoms with Crippen LogP contribution in [0.15, 0.2) is 42.5 Å². The second-order valence-corrected chi connectivity index (χ2v) is 5.49. The number of amides is 2. The first kappa shape index (κ1) is 15.1.